The highest BCUT2D eigenvalue weighted by atomic mass is 32.1. The topological polar surface area (TPSA) is 59.2 Å². The first-order valence-electron chi connectivity index (χ1n) is 6.88. The molecule has 0 spiro atoms. The van der Waals surface area contributed by atoms with Crippen LogP contribution in [0.25, 0.3) is 10.6 Å². The third-order valence-corrected chi connectivity index (χ3v) is 4.61. The van der Waals surface area contributed by atoms with Gasteiger partial charge >= 0.3 is 0 Å². The Labute approximate surface area is 126 Å². The van der Waals surface area contributed by atoms with Crippen molar-refractivity contribution in [2.75, 3.05) is 19.6 Å². The number of thiazole rings is 1. The number of hydrogen-bond donors (Lipinski definition) is 1. The summed E-state index contributed by atoms with van der Waals surface area (Å²) < 4.78 is 12.9. The van der Waals surface area contributed by atoms with E-state index in [-0.39, 0.29) is 11.7 Å². The van der Waals surface area contributed by atoms with Gasteiger partial charge in [-0.3, -0.25) is 4.79 Å². The number of nitrogens with two attached hydrogens (primary N) is 1. The summed E-state index contributed by atoms with van der Waals surface area (Å²) in [5, 5.41) is 2.49. The number of carbonyl (C=O) groups is 1. The molecule has 1 fully saturated rings. The van der Waals surface area contributed by atoms with Crippen molar-refractivity contribution in [1.29, 1.82) is 0 Å². The van der Waals surface area contributed by atoms with E-state index in [0.717, 1.165) is 23.5 Å². The van der Waals surface area contributed by atoms with E-state index in [2.05, 4.69) is 4.98 Å². The van der Waals surface area contributed by atoms with Crippen molar-refractivity contribution < 1.29 is 9.18 Å². The number of hydrogen-bond acceptors (Lipinski definition) is 4. The highest BCUT2D eigenvalue weighted by Crippen LogP contribution is 2.25. The number of likely N-dealkylation sites (tertiary alicyclic amines) is 1. The van der Waals surface area contributed by atoms with E-state index in [4.69, 9.17) is 5.73 Å². The second-order valence-corrected chi connectivity index (χ2v) is 6.04. The Morgan fingerprint density at radius 2 is 2.19 bits per heavy atom. The maximum Gasteiger partial charge on any atom is 0.273 e. The molecule has 21 heavy (non-hydrogen) atoms. The van der Waals surface area contributed by atoms with Crippen LogP contribution in [-0.4, -0.2) is 35.4 Å². The van der Waals surface area contributed by atoms with Crippen LogP contribution in [0.3, 0.4) is 0 Å². The molecule has 6 heteroatoms. The van der Waals surface area contributed by atoms with E-state index in [1.165, 1.54) is 23.5 Å². The summed E-state index contributed by atoms with van der Waals surface area (Å²) in [4.78, 5) is 18.6. The number of aromatic nitrogens is 1. The molecule has 1 atom stereocenters. The molecule has 1 aliphatic heterocycles. The lowest BCUT2D eigenvalue weighted by Crippen LogP contribution is -2.30. The van der Waals surface area contributed by atoms with E-state index >= 15 is 0 Å². The third kappa shape index (κ3) is 2.96. The number of nitrogens with zero attached hydrogens (tertiary/aromatic N) is 2. The average Bonchev–Trinajstić information content (AvgIpc) is 3.16. The molecule has 1 aliphatic rings. The molecule has 2 aromatic rings. The van der Waals surface area contributed by atoms with Crippen molar-refractivity contribution in [3.05, 3.63) is 41.2 Å². The van der Waals surface area contributed by atoms with Crippen molar-refractivity contribution in [1.82, 2.24) is 9.88 Å². The van der Waals surface area contributed by atoms with Gasteiger partial charge in [0.1, 0.15) is 16.5 Å². The maximum atomic E-state index is 12.9. The van der Waals surface area contributed by atoms with Crippen molar-refractivity contribution in [2.24, 2.45) is 11.7 Å². The summed E-state index contributed by atoms with van der Waals surface area (Å²) in [6, 6.07) is 6.13. The number of amides is 1. The molecule has 0 saturated carbocycles. The largest absolute Gasteiger partial charge is 0.337 e. The molecule has 1 aromatic heterocycles. The Morgan fingerprint density at radius 3 is 2.86 bits per heavy atom. The van der Waals surface area contributed by atoms with Crippen LogP contribution >= 0.6 is 11.3 Å². The molecule has 1 amide bonds. The first-order valence-corrected chi connectivity index (χ1v) is 7.76. The minimum absolute atomic E-state index is 0.0458. The fraction of sp³-hybridized carbons (Fsp3) is 0.333. The zero-order chi connectivity index (χ0) is 14.8. The van der Waals surface area contributed by atoms with Crippen molar-refractivity contribution in [2.45, 2.75) is 6.42 Å². The number of halogens is 1. The summed E-state index contributed by atoms with van der Waals surface area (Å²) in [7, 11) is 0. The minimum atomic E-state index is -0.281. The normalized spacial score (nSPS) is 18.2. The van der Waals surface area contributed by atoms with Gasteiger partial charge in [0.15, 0.2) is 0 Å². The average molecular weight is 305 g/mol. The van der Waals surface area contributed by atoms with Gasteiger partial charge in [-0.15, -0.1) is 11.3 Å². The quantitative estimate of drug-likeness (QED) is 0.947. The molecule has 0 bridgehead atoms. The van der Waals surface area contributed by atoms with Crippen LogP contribution in [0.4, 0.5) is 4.39 Å². The minimum Gasteiger partial charge on any atom is -0.337 e. The fourth-order valence-corrected chi connectivity index (χ4v) is 3.27. The number of carbonyl (C=O) groups excluding carboxylic acids is 1. The zero-order valence-electron chi connectivity index (χ0n) is 11.5. The molecule has 1 saturated heterocycles. The predicted molar refractivity (Wildman–Crippen MR) is 80.6 cm³/mol. The van der Waals surface area contributed by atoms with Gasteiger partial charge in [-0.2, -0.15) is 0 Å². The van der Waals surface area contributed by atoms with E-state index in [1.54, 1.807) is 22.4 Å². The van der Waals surface area contributed by atoms with Crippen LogP contribution in [0.5, 0.6) is 0 Å². The van der Waals surface area contributed by atoms with Gasteiger partial charge in [-0.1, -0.05) is 0 Å². The predicted octanol–water partition coefficient (Wildman–Crippen LogP) is 2.37. The lowest BCUT2D eigenvalue weighted by atomic mass is 10.1. The van der Waals surface area contributed by atoms with E-state index < -0.39 is 0 Å². The monoisotopic (exact) mass is 305 g/mol. The van der Waals surface area contributed by atoms with Gasteiger partial charge < -0.3 is 10.6 Å². The Morgan fingerprint density at radius 1 is 1.43 bits per heavy atom. The number of benzene rings is 1. The lowest BCUT2D eigenvalue weighted by Gasteiger charge is -2.14. The Kier molecular flexibility index (Phi) is 3.98. The first-order chi connectivity index (χ1) is 10.2. The van der Waals surface area contributed by atoms with Gasteiger partial charge in [-0.25, -0.2) is 9.37 Å². The molecular weight excluding hydrogens is 289 g/mol. The molecule has 2 heterocycles. The van der Waals surface area contributed by atoms with Crippen LogP contribution in [0.1, 0.15) is 16.9 Å². The lowest BCUT2D eigenvalue weighted by molar-refractivity contribution is 0.0783. The first kappa shape index (κ1) is 14.2. The van der Waals surface area contributed by atoms with Gasteiger partial charge in [0.2, 0.25) is 0 Å². The Balaban J connectivity index is 1.75. The molecule has 1 aromatic carbocycles. The second-order valence-electron chi connectivity index (χ2n) is 5.19. The fourth-order valence-electron chi connectivity index (χ4n) is 2.47. The molecule has 1 unspecified atom stereocenters. The van der Waals surface area contributed by atoms with Crippen LogP contribution < -0.4 is 5.73 Å². The highest BCUT2D eigenvalue weighted by molar-refractivity contribution is 7.13. The van der Waals surface area contributed by atoms with E-state index in [0.29, 0.717) is 24.7 Å². The van der Waals surface area contributed by atoms with Crippen LogP contribution in [-0.2, 0) is 0 Å². The molecular formula is C15H16FN3OS. The smallest absolute Gasteiger partial charge is 0.273 e. The summed E-state index contributed by atoms with van der Waals surface area (Å²) in [5.74, 6) is 0.0659. The second kappa shape index (κ2) is 5.91. The van der Waals surface area contributed by atoms with E-state index in [9.17, 15) is 9.18 Å². The Bertz CT molecular complexity index is 641. The van der Waals surface area contributed by atoms with Crippen LogP contribution in [0.15, 0.2) is 29.6 Å². The van der Waals surface area contributed by atoms with Gasteiger partial charge in [0.25, 0.3) is 5.91 Å². The Hall–Kier alpha value is -1.79. The van der Waals surface area contributed by atoms with Crippen molar-refractivity contribution in [3.63, 3.8) is 0 Å². The maximum absolute atomic E-state index is 12.9. The molecule has 0 radical (unpaired) electrons. The molecule has 2 N–H and O–H groups in total. The highest BCUT2D eigenvalue weighted by Gasteiger charge is 2.27. The molecule has 3 rings (SSSR count). The summed E-state index contributed by atoms with van der Waals surface area (Å²) in [6.07, 6.45) is 0.956. The molecule has 4 nitrogen and oxygen atoms in total. The van der Waals surface area contributed by atoms with Crippen LogP contribution in [0.2, 0.25) is 0 Å². The molecule has 0 aliphatic carbocycles. The van der Waals surface area contributed by atoms with E-state index in [1.807, 2.05) is 0 Å². The zero-order valence-corrected chi connectivity index (χ0v) is 12.3. The summed E-state index contributed by atoms with van der Waals surface area (Å²) in [6.45, 7) is 2.06. The summed E-state index contributed by atoms with van der Waals surface area (Å²) >= 11 is 1.40. The van der Waals surface area contributed by atoms with Gasteiger partial charge in [0, 0.05) is 24.0 Å². The van der Waals surface area contributed by atoms with Gasteiger partial charge in [0.05, 0.1) is 0 Å². The standard InChI is InChI=1S/C15H16FN3OS/c16-12-3-1-11(2-4-12)14-18-13(9-21-14)15(20)19-6-5-10(7-17)8-19/h1-4,9-10H,5-8,17H2. The van der Waals surface area contributed by atoms with Gasteiger partial charge in [-0.05, 0) is 43.1 Å². The van der Waals surface area contributed by atoms with Crippen molar-refractivity contribution in [3.8, 4) is 10.6 Å². The molecule has 110 valence electrons. The van der Waals surface area contributed by atoms with Crippen LogP contribution in [0, 0.1) is 11.7 Å². The number of rotatable bonds is 3. The SMILES string of the molecule is NCC1CCN(C(=O)c2csc(-c3ccc(F)cc3)n2)C1. The van der Waals surface area contributed by atoms with Crippen molar-refractivity contribution >= 4 is 17.2 Å². The third-order valence-electron chi connectivity index (χ3n) is 3.72. The summed E-state index contributed by atoms with van der Waals surface area (Å²) in [5.41, 5.74) is 6.92.